The number of carboxylic acid groups (broad SMARTS) is 1. The Morgan fingerprint density at radius 2 is 1.27 bits per heavy atom. The van der Waals surface area contributed by atoms with Gasteiger partial charge in [0.05, 0.1) is 18.6 Å². The number of likely N-dealkylation sites (N-methyl/N-ethyl adjacent to an activating group) is 1. The molecular weight excluding hydrogens is 582 g/mol. The van der Waals surface area contributed by atoms with Crippen LogP contribution >= 0.6 is 0 Å². The number of hydrogen-bond acceptors (Lipinski definition) is 7. The first-order valence-electron chi connectivity index (χ1n) is 15.9. The molecule has 0 aliphatic heterocycles. The van der Waals surface area contributed by atoms with Crippen molar-refractivity contribution in [3.63, 3.8) is 0 Å². The van der Waals surface area contributed by atoms with Crippen LogP contribution in [0.25, 0.3) is 0 Å². The zero-order chi connectivity index (χ0) is 34.0. The fourth-order valence-electron chi connectivity index (χ4n) is 4.69. The first-order chi connectivity index (χ1) is 20.5. The van der Waals surface area contributed by atoms with Gasteiger partial charge in [0.2, 0.25) is 29.5 Å². The minimum Gasteiger partial charge on any atom is -0.481 e. The number of amides is 5. The SMILES string of the molecule is C.CCC[C@H](NC(=O)[C@H](CC(C)C)NC(=O)CCCC(=O)O)C(=O)N[C@@H](CC(C)C)[C@@H](O)CC(=O)N[C@H](C(=O)NCC)C(C)C. The van der Waals surface area contributed by atoms with E-state index in [1.165, 1.54) is 0 Å². The first kappa shape index (κ1) is 43.9. The number of carbonyl (C=O) groups is 6. The van der Waals surface area contributed by atoms with Gasteiger partial charge in [0.25, 0.3) is 0 Å². The molecule has 0 saturated carbocycles. The molecule has 7 N–H and O–H groups in total. The van der Waals surface area contributed by atoms with Crippen molar-refractivity contribution in [3.8, 4) is 0 Å². The third-order valence-corrected chi connectivity index (χ3v) is 6.89. The largest absolute Gasteiger partial charge is 0.481 e. The molecule has 45 heavy (non-hydrogen) atoms. The Bertz CT molecular complexity index is 941. The van der Waals surface area contributed by atoms with Crippen molar-refractivity contribution in [2.24, 2.45) is 17.8 Å². The summed E-state index contributed by atoms with van der Waals surface area (Å²) >= 11 is 0. The molecule has 0 heterocycles. The lowest BCUT2D eigenvalue weighted by Gasteiger charge is -2.29. The lowest BCUT2D eigenvalue weighted by molar-refractivity contribution is -0.137. The zero-order valence-corrected chi connectivity index (χ0v) is 27.8. The summed E-state index contributed by atoms with van der Waals surface area (Å²) in [6.45, 7) is 15.3. The van der Waals surface area contributed by atoms with E-state index in [0.29, 0.717) is 32.2 Å². The Hall–Kier alpha value is -3.22. The number of rotatable bonds is 22. The minimum atomic E-state index is -1.25. The van der Waals surface area contributed by atoms with E-state index in [1.54, 1.807) is 20.8 Å². The van der Waals surface area contributed by atoms with E-state index in [-0.39, 0.29) is 56.8 Å². The van der Waals surface area contributed by atoms with E-state index in [1.807, 2.05) is 34.6 Å². The second-order valence-corrected chi connectivity index (χ2v) is 12.5. The van der Waals surface area contributed by atoms with Gasteiger partial charge >= 0.3 is 5.97 Å². The summed E-state index contributed by atoms with van der Waals surface area (Å²) in [4.78, 5) is 75.0. The van der Waals surface area contributed by atoms with Gasteiger partial charge in [0, 0.05) is 19.4 Å². The summed E-state index contributed by atoms with van der Waals surface area (Å²) in [6, 6.07) is -3.44. The van der Waals surface area contributed by atoms with Crippen LogP contribution in [-0.2, 0) is 28.8 Å². The fraction of sp³-hybridized carbons (Fsp3) is 0.812. The van der Waals surface area contributed by atoms with Gasteiger partial charge in [-0.15, -0.1) is 0 Å². The van der Waals surface area contributed by atoms with E-state index in [9.17, 15) is 33.9 Å². The van der Waals surface area contributed by atoms with Crippen LogP contribution in [0.1, 0.15) is 114 Å². The van der Waals surface area contributed by atoms with Gasteiger partial charge in [-0.05, 0) is 50.4 Å². The van der Waals surface area contributed by atoms with E-state index in [4.69, 9.17) is 5.11 Å². The second-order valence-electron chi connectivity index (χ2n) is 12.5. The average molecular weight is 644 g/mol. The maximum atomic E-state index is 13.4. The van der Waals surface area contributed by atoms with Crippen LogP contribution < -0.4 is 26.6 Å². The number of carbonyl (C=O) groups excluding carboxylic acids is 5. The van der Waals surface area contributed by atoms with Gasteiger partial charge in [-0.1, -0.05) is 62.3 Å². The molecule has 0 aliphatic carbocycles. The summed E-state index contributed by atoms with van der Waals surface area (Å²) in [5, 5.41) is 33.4. The Morgan fingerprint density at radius 1 is 0.689 bits per heavy atom. The number of aliphatic hydroxyl groups is 1. The molecule has 0 spiro atoms. The molecule has 0 radical (unpaired) electrons. The molecule has 0 saturated heterocycles. The van der Waals surface area contributed by atoms with Crippen LogP contribution in [0.3, 0.4) is 0 Å². The highest BCUT2D eigenvalue weighted by atomic mass is 16.4. The molecule has 0 rings (SSSR count). The predicted octanol–water partition coefficient (Wildman–Crippen LogP) is 2.25. The third kappa shape index (κ3) is 19.0. The topological polar surface area (TPSA) is 203 Å². The smallest absolute Gasteiger partial charge is 0.303 e. The van der Waals surface area contributed by atoms with Crippen molar-refractivity contribution >= 4 is 35.5 Å². The Labute approximate surface area is 269 Å². The predicted molar refractivity (Wildman–Crippen MR) is 174 cm³/mol. The summed E-state index contributed by atoms with van der Waals surface area (Å²) in [5.41, 5.74) is 0. The molecule has 0 unspecified atom stereocenters. The van der Waals surface area contributed by atoms with Gasteiger partial charge in [-0.25, -0.2) is 0 Å². The van der Waals surface area contributed by atoms with Crippen LogP contribution in [0.5, 0.6) is 0 Å². The quantitative estimate of drug-likeness (QED) is 0.0930. The molecular formula is C32H61N5O8. The highest BCUT2D eigenvalue weighted by Crippen LogP contribution is 2.14. The first-order valence-corrected chi connectivity index (χ1v) is 15.9. The van der Waals surface area contributed by atoms with Crippen LogP contribution in [0, 0.1) is 17.8 Å². The Kier molecular flexibility index (Phi) is 22.6. The minimum absolute atomic E-state index is 0. The normalized spacial score (nSPS) is 14.4. The van der Waals surface area contributed by atoms with Gasteiger partial charge in [-0.2, -0.15) is 0 Å². The van der Waals surface area contributed by atoms with Gasteiger partial charge in [-0.3, -0.25) is 28.8 Å². The number of nitrogens with one attached hydrogen (secondary N) is 5. The summed E-state index contributed by atoms with van der Waals surface area (Å²) < 4.78 is 0. The highest BCUT2D eigenvalue weighted by molar-refractivity contribution is 5.92. The number of aliphatic carboxylic acids is 1. The Morgan fingerprint density at radius 3 is 1.76 bits per heavy atom. The monoisotopic (exact) mass is 643 g/mol. The lowest BCUT2D eigenvalue weighted by Crippen LogP contribution is -2.57. The molecule has 13 heteroatoms. The molecule has 0 aliphatic rings. The maximum Gasteiger partial charge on any atom is 0.303 e. The lowest BCUT2D eigenvalue weighted by atomic mass is 9.95. The van der Waals surface area contributed by atoms with Crippen molar-refractivity contribution in [1.82, 2.24) is 26.6 Å². The average Bonchev–Trinajstić information content (AvgIpc) is 2.89. The van der Waals surface area contributed by atoms with Crippen molar-refractivity contribution in [3.05, 3.63) is 0 Å². The molecule has 5 amide bonds. The van der Waals surface area contributed by atoms with Gasteiger partial charge < -0.3 is 36.8 Å². The molecule has 0 aromatic heterocycles. The van der Waals surface area contributed by atoms with Gasteiger partial charge in [0.1, 0.15) is 18.1 Å². The van der Waals surface area contributed by atoms with Crippen LogP contribution in [0.15, 0.2) is 0 Å². The zero-order valence-electron chi connectivity index (χ0n) is 27.8. The third-order valence-electron chi connectivity index (χ3n) is 6.89. The van der Waals surface area contributed by atoms with Crippen molar-refractivity contribution in [1.29, 1.82) is 0 Å². The van der Waals surface area contributed by atoms with E-state index >= 15 is 0 Å². The van der Waals surface area contributed by atoms with E-state index in [2.05, 4.69) is 26.6 Å². The fourth-order valence-corrected chi connectivity index (χ4v) is 4.69. The Balaban J connectivity index is 0. The number of aliphatic hydroxyl groups excluding tert-OH is 1. The molecule has 0 aromatic carbocycles. The molecule has 13 nitrogen and oxygen atoms in total. The van der Waals surface area contributed by atoms with E-state index < -0.39 is 59.9 Å². The van der Waals surface area contributed by atoms with Crippen LogP contribution in [0.4, 0.5) is 0 Å². The maximum absolute atomic E-state index is 13.4. The summed E-state index contributed by atoms with van der Waals surface area (Å²) in [7, 11) is 0. The molecule has 0 aromatic rings. The van der Waals surface area contributed by atoms with Crippen molar-refractivity contribution in [2.75, 3.05) is 6.54 Å². The molecule has 262 valence electrons. The second kappa shape index (κ2) is 23.2. The standard InChI is InChI=1S/C31H57N5O8.CH4/c1-9-12-21(34-30(43)23(16-19(5)6)33-25(38)13-11-14-27(40)41)29(42)35-22(15-18(3)4)24(37)17-26(39)36-28(20(7)8)31(44)32-10-2;/h18-24,28,37H,9-17H2,1-8H3,(H,32,44)(H,33,38)(H,34,43)(H,35,42)(H,36,39)(H,40,41);1H4/t21-,22-,23-,24-,28-;/m0./s1. The highest BCUT2D eigenvalue weighted by Gasteiger charge is 2.32. The van der Waals surface area contributed by atoms with Crippen molar-refractivity contribution < 1.29 is 39.0 Å². The van der Waals surface area contributed by atoms with Gasteiger partial charge in [0.15, 0.2) is 0 Å². The van der Waals surface area contributed by atoms with E-state index in [0.717, 1.165) is 0 Å². The van der Waals surface area contributed by atoms with Crippen LogP contribution in [-0.4, -0.2) is 82.5 Å². The molecule has 0 bridgehead atoms. The number of hydrogen-bond donors (Lipinski definition) is 7. The van der Waals surface area contributed by atoms with Crippen molar-refractivity contribution in [2.45, 2.75) is 144 Å². The summed E-state index contributed by atoms with van der Waals surface area (Å²) in [6.07, 6.45) is -0.124. The number of carboxylic acids is 1. The molecule has 5 atom stereocenters. The van der Waals surface area contributed by atoms with Crippen LogP contribution in [0.2, 0.25) is 0 Å². The molecule has 0 fully saturated rings. The summed E-state index contributed by atoms with van der Waals surface area (Å²) in [5.74, 6) is -3.44.